The molecule has 0 unspecified atom stereocenters. The Morgan fingerprint density at radius 2 is 1.79 bits per heavy atom. The molecule has 2 saturated heterocycles. The van der Waals surface area contributed by atoms with Crippen molar-refractivity contribution in [2.75, 3.05) is 33.2 Å². The fraction of sp³-hybridized carbons (Fsp3) is 1.00. The van der Waals surface area contributed by atoms with E-state index in [-0.39, 0.29) is 23.9 Å². The molecule has 0 aromatic heterocycles. The van der Waals surface area contributed by atoms with E-state index in [2.05, 4.69) is 5.32 Å². The van der Waals surface area contributed by atoms with E-state index in [1.54, 1.807) is 11.4 Å². The van der Waals surface area contributed by atoms with Gasteiger partial charge in [-0.15, -0.1) is 12.4 Å². The van der Waals surface area contributed by atoms with E-state index >= 15 is 0 Å². The van der Waals surface area contributed by atoms with Crippen LogP contribution in [0.1, 0.15) is 33.1 Å². The number of halogens is 1. The van der Waals surface area contributed by atoms with Crippen molar-refractivity contribution in [2.45, 2.75) is 39.2 Å². The van der Waals surface area contributed by atoms with Gasteiger partial charge in [-0.2, -0.15) is 17.0 Å². The highest BCUT2D eigenvalue weighted by Crippen LogP contribution is 2.39. The zero-order valence-electron chi connectivity index (χ0n) is 12.1. The summed E-state index contributed by atoms with van der Waals surface area (Å²) in [6.07, 6.45) is 3.22. The summed E-state index contributed by atoms with van der Waals surface area (Å²) in [6.45, 7) is 7.25. The third-order valence-corrected chi connectivity index (χ3v) is 6.60. The van der Waals surface area contributed by atoms with Crippen LogP contribution in [0.5, 0.6) is 0 Å². The summed E-state index contributed by atoms with van der Waals surface area (Å²) in [5, 5.41) is 3.35. The maximum atomic E-state index is 12.4. The van der Waals surface area contributed by atoms with Crippen LogP contribution in [0, 0.1) is 5.41 Å². The van der Waals surface area contributed by atoms with Gasteiger partial charge in [0, 0.05) is 26.2 Å². The molecule has 0 bridgehead atoms. The SMILES string of the molecule is CC(C)N(C)S(=O)(=O)N1CCC2(CCNCC2)C1.Cl. The first-order valence-electron chi connectivity index (χ1n) is 6.81. The lowest BCUT2D eigenvalue weighted by Gasteiger charge is -2.34. The number of rotatable bonds is 3. The largest absolute Gasteiger partial charge is 0.317 e. The Balaban J connectivity index is 0.00000180. The Labute approximate surface area is 123 Å². The first-order chi connectivity index (χ1) is 8.37. The highest BCUT2D eigenvalue weighted by molar-refractivity contribution is 7.86. The molecule has 19 heavy (non-hydrogen) atoms. The maximum Gasteiger partial charge on any atom is 0.281 e. The molecule has 1 N–H and O–H groups in total. The summed E-state index contributed by atoms with van der Waals surface area (Å²) in [6, 6.07) is 0.0135. The monoisotopic (exact) mass is 311 g/mol. The molecule has 0 atom stereocenters. The Bertz CT molecular complexity index is 394. The molecule has 2 fully saturated rings. The first kappa shape index (κ1) is 17.2. The van der Waals surface area contributed by atoms with Crippen LogP contribution in [0.3, 0.4) is 0 Å². The Morgan fingerprint density at radius 3 is 2.32 bits per heavy atom. The quantitative estimate of drug-likeness (QED) is 0.848. The van der Waals surface area contributed by atoms with Crippen molar-refractivity contribution >= 4 is 22.6 Å². The molecule has 1 spiro atoms. The second-order valence-corrected chi connectivity index (χ2v) is 7.94. The molecule has 2 heterocycles. The van der Waals surface area contributed by atoms with Gasteiger partial charge in [0.25, 0.3) is 10.2 Å². The van der Waals surface area contributed by atoms with Gasteiger partial charge in [0.2, 0.25) is 0 Å². The molecule has 0 radical (unpaired) electrons. The van der Waals surface area contributed by atoms with Crippen LogP contribution in [-0.2, 0) is 10.2 Å². The van der Waals surface area contributed by atoms with Crippen molar-refractivity contribution in [3.05, 3.63) is 0 Å². The standard InChI is InChI=1S/C12H25N3O2S.ClH/c1-11(2)14(3)18(16,17)15-9-6-12(10-15)4-7-13-8-5-12;/h11,13H,4-10H2,1-3H3;1H. The van der Waals surface area contributed by atoms with Crippen molar-refractivity contribution in [1.82, 2.24) is 13.9 Å². The second-order valence-electron chi connectivity index (χ2n) is 5.95. The fourth-order valence-electron chi connectivity index (χ4n) is 2.90. The third kappa shape index (κ3) is 3.42. The molecular formula is C12H26ClN3O2S. The van der Waals surface area contributed by atoms with Gasteiger partial charge in [-0.05, 0) is 51.6 Å². The van der Waals surface area contributed by atoms with Crippen molar-refractivity contribution in [1.29, 1.82) is 0 Å². The zero-order chi connectivity index (χ0) is 13.4. The van der Waals surface area contributed by atoms with Crippen molar-refractivity contribution in [3.8, 4) is 0 Å². The third-order valence-electron chi connectivity index (χ3n) is 4.48. The summed E-state index contributed by atoms with van der Waals surface area (Å²) in [5.74, 6) is 0. The van der Waals surface area contributed by atoms with Gasteiger partial charge < -0.3 is 5.32 Å². The van der Waals surface area contributed by atoms with Crippen LogP contribution in [0.15, 0.2) is 0 Å². The van der Waals surface area contributed by atoms with Crippen LogP contribution in [0.2, 0.25) is 0 Å². The fourth-order valence-corrected chi connectivity index (χ4v) is 4.56. The lowest BCUT2D eigenvalue weighted by Crippen LogP contribution is -2.45. The minimum absolute atomic E-state index is 0. The van der Waals surface area contributed by atoms with Gasteiger partial charge in [-0.1, -0.05) is 0 Å². The van der Waals surface area contributed by atoms with Gasteiger partial charge in [-0.25, -0.2) is 0 Å². The van der Waals surface area contributed by atoms with Crippen molar-refractivity contribution < 1.29 is 8.42 Å². The molecule has 0 aromatic rings. The molecule has 5 nitrogen and oxygen atoms in total. The molecular weight excluding hydrogens is 286 g/mol. The Kier molecular flexibility index (Phi) is 5.66. The molecule has 0 saturated carbocycles. The summed E-state index contributed by atoms with van der Waals surface area (Å²) >= 11 is 0. The zero-order valence-corrected chi connectivity index (χ0v) is 13.7. The van der Waals surface area contributed by atoms with Crippen molar-refractivity contribution in [3.63, 3.8) is 0 Å². The van der Waals surface area contributed by atoms with E-state index in [1.807, 2.05) is 13.8 Å². The summed E-state index contributed by atoms with van der Waals surface area (Å²) in [4.78, 5) is 0. The highest BCUT2D eigenvalue weighted by Gasteiger charge is 2.44. The number of nitrogens with one attached hydrogen (secondary N) is 1. The summed E-state index contributed by atoms with van der Waals surface area (Å²) in [7, 11) is -1.59. The maximum absolute atomic E-state index is 12.4. The first-order valence-corrected chi connectivity index (χ1v) is 8.21. The van der Waals surface area contributed by atoms with Gasteiger partial charge in [-0.3, -0.25) is 0 Å². The van der Waals surface area contributed by atoms with Gasteiger partial charge in [0.15, 0.2) is 0 Å². The van der Waals surface area contributed by atoms with Crippen LogP contribution in [0.4, 0.5) is 0 Å². The summed E-state index contributed by atoms with van der Waals surface area (Å²) < 4.78 is 28.0. The number of hydrogen-bond acceptors (Lipinski definition) is 3. The summed E-state index contributed by atoms with van der Waals surface area (Å²) in [5.41, 5.74) is 0.232. The Morgan fingerprint density at radius 1 is 1.21 bits per heavy atom. The molecule has 2 aliphatic heterocycles. The predicted octanol–water partition coefficient (Wildman–Crippen LogP) is 1.07. The van der Waals surface area contributed by atoms with Gasteiger partial charge in [0.1, 0.15) is 0 Å². The van der Waals surface area contributed by atoms with E-state index in [1.165, 1.54) is 4.31 Å². The smallest absolute Gasteiger partial charge is 0.281 e. The molecule has 0 aliphatic carbocycles. The molecule has 2 rings (SSSR count). The van der Waals surface area contributed by atoms with Crippen LogP contribution in [-0.4, -0.2) is 56.3 Å². The highest BCUT2D eigenvalue weighted by atomic mass is 35.5. The predicted molar refractivity (Wildman–Crippen MR) is 79.8 cm³/mol. The molecule has 2 aliphatic rings. The number of hydrogen-bond donors (Lipinski definition) is 1. The van der Waals surface area contributed by atoms with E-state index in [4.69, 9.17) is 0 Å². The van der Waals surface area contributed by atoms with Crippen LogP contribution in [0.25, 0.3) is 0 Å². The molecule has 7 heteroatoms. The molecule has 0 aromatic carbocycles. The Hall–Kier alpha value is 0.120. The molecule has 0 amide bonds. The minimum atomic E-state index is -3.27. The van der Waals surface area contributed by atoms with Gasteiger partial charge >= 0.3 is 0 Å². The topological polar surface area (TPSA) is 52.7 Å². The second kappa shape index (κ2) is 6.26. The number of piperidine rings is 1. The van der Waals surface area contributed by atoms with Crippen molar-refractivity contribution in [2.24, 2.45) is 5.41 Å². The average Bonchev–Trinajstić information content (AvgIpc) is 2.73. The van der Waals surface area contributed by atoms with E-state index in [0.717, 1.165) is 32.4 Å². The minimum Gasteiger partial charge on any atom is -0.317 e. The van der Waals surface area contributed by atoms with E-state index < -0.39 is 10.2 Å². The van der Waals surface area contributed by atoms with Crippen LogP contribution >= 0.6 is 12.4 Å². The normalized spacial score (nSPS) is 24.1. The van der Waals surface area contributed by atoms with E-state index in [0.29, 0.717) is 13.1 Å². The van der Waals surface area contributed by atoms with E-state index in [9.17, 15) is 8.42 Å². The number of nitrogens with zero attached hydrogens (tertiary/aromatic N) is 2. The molecule has 114 valence electrons. The lowest BCUT2D eigenvalue weighted by molar-refractivity contribution is 0.215. The lowest BCUT2D eigenvalue weighted by atomic mass is 9.78. The van der Waals surface area contributed by atoms with Crippen LogP contribution < -0.4 is 5.32 Å². The van der Waals surface area contributed by atoms with Gasteiger partial charge in [0.05, 0.1) is 0 Å². The average molecular weight is 312 g/mol.